The predicted molar refractivity (Wildman–Crippen MR) is 72.0 cm³/mol. The molecule has 1 aromatic carbocycles. The average Bonchev–Trinajstić information content (AvgIpc) is 2.98. The molecule has 6 heteroatoms. The van der Waals surface area contributed by atoms with Crippen LogP contribution in [0.4, 0.5) is 0 Å². The molecule has 1 aromatic rings. The zero-order chi connectivity index (χ0) is 13.7. The van der Waals surface area contributed by atoms with E-state index in [9.17, 15) is 4.79 Å². The summed E-state index contributed by atoms with van der Waals surface area (Å²) in [5.74, 6) is 1.79. The number of rotatable bonds is 5. The summed E-state index contributed by atoms with van der Waals surface area (Å²) in [5, 5.41) is 5.69. The summed E-state index contributed by atoms with van der Waals surface area (Å²) in [6, 6.07) is 5.51. The molecule has 6 nitrogen and oxygen atoms in total. The molecule has 0 radical (unpaired) electrons. The Bertz CT molecular complexity index is 500. The lowest BCUT2D eigenvalue weighted by Gasteiger charge is -2.12. The second kappa shape index (κ2) is 6.08. The van der Waals surface area contributed by atoms with E-state index in [0.29, 0.717) is 11.5 Å². The highest BCUT2D eigenvalue weighted by atomic mass is 16.5. The quantitative estimate of drug-likeness (QED) is 0.794. The van der Waals surface area contributed by atoms with E-state index in [0.717, 1.165) is 24.5 Å². The Kier molecular flexibility index (Phi) is 4.22. The fourth-order valence-corrected chi connectivity index (χ4v) is 1.74. The van der Waals surface area contributed by atoms with Crippen molar-refractivity contribution in [2.75, 3.05) is 33.9 Å². The first-order valence-corrected chi connectivity index (χ1v) is 6.04. The Morgan fingerprint density at radius 1 is 1.47 bits per heavy atom. The van der Waals surface area contributed by atoms with Crippen LogP contribution in [-0.2, 0) is 4.79 Å². The third-order valence-electron chi connectivity index (χ3n) is 2.75. The molecule has 1 heterocycles. The summed E-state index contributed by atoms with van der Waals surface area (Å²) in [5.41, 5.74) is 0.946. The SMILES string of the molecule is CNC(=O)COc1ccc(C2=NCCN2)cc1OC. The van der Waals surface area contributed by atoms with Crippen LogP contribution in [0, 0.1) is 0 Å². The number of hydrogen-bond acceptors (Lipinski definition) is 5. The Hall–Kier alpha value is -2.24. The zero-order valence-electron chi connectivity index (χ0n) is 11.0. The number of benzene rings is 1. The van der Waals surface area contributed by atoms with E-state index in [1.54, 1.807) is 20.2 Å². The smallest absolute Gasteiger partial charge is 0.257 e. The van der Waals surface area contributed by atoms with Crippen LogP contribution in [0.2, 0.25) is 0 Å². The number of carbonyl (C=O) groups excluding carboxylic acids is 1. The Labute approximate surface area is 111 Å². The molecule has 1 amide bonds. The highest BCUT2D eigenvalue weighted by Gasteiger charge is 2.12. The first-order chi connectivity index (χ1) is 9.24. The van der Waals surface area contributed by atoms with E-state index in [1.807, 2.05) is 12.1 Å². The predicted octanol–water partition coefficient (Wildman–Crippen LogP) is 0.170. The van der Waals surface area contributed by atoms with E-state index < -0.39 is 0 Å². The lowest BCUT2D eigenvalue weighted by atomic mass is 10.2. The monoisotopic (exact) mass is 263 g/mol. The van der Waals surface area contributed by atoms with Gasteiger partial charge in [-0.05, 0) is 18.2 Å². The van der Waals surface area contributed by atoms with E-state index in [2.05, 4.69) is 15.6 Å². The standard InChI is InChI=1S/C13H17N3O3/c1-14-12(17)8-19-10-4-3-9(7-11(10)18-2)13-15-5-6-16-13/h3-4,7H,5-6,8H2,1-2H3,(H,14,17)(H,15,16). The molecule has 0 fully saturated rings. The fourth-order valence-electron chi connectivity index (χ4n) is 1.74. The minimum absolute atomic E-state index is 0.0363. The van der Waals surface area contributed by atoms with Crippen molar-refractivity contribution in [3.05, 3.63) is 23.8 Å². The molecule has 0 aliphatic carbocycles. The first-order valence-electron chi connectivity index (χ1n) is 6.04. The maximum Gasteiger partial charge on any atom is 0.257 e. The van der Waals surface area contributed by atoms with Gasteiger partial charge in [-0.2, -0.15) is 0 Å². The molecule has 0 atom stereocenters. The number of amides is 1. The summed E-state index contributed by atoms with van der Waals surface area (Å²) < 4.78 is 10.7. The van der Waals surface area contributed by atoms with Gasteiger partial charge in [-0.1, -0.05) is 0 Å². The molecule has 102 valence electrons. The van der Waals surface area contributed by atoms with Gasteiger partial charge in [0.05, 0.1) is 13.7 Å². The molecule has 2 rings (SSSR count). The molecule has 1 aliphatic heterocycles. The number of carbonyl (C=O) groups is 1. The van der Waals surface area contributed by atoms with Crippen LogP contribution in [0.25, 0.3) is 0 Å². The maximum atomic E-state index is 11.2. The lowest BCUT2D eigenvalue weighted by Crippen LogP contribution is -2.25. The third kappa shape index (κ3) is 3.15. The van der Waals surface area contributed by atoms with Gasteiger partial charge in [0, 0.05) is 19.2 Å². The van der Waals surface area contributed by atoms with Crippen molar-refractivity contribution in [1.29, 1.82) is 0 Å². The number of likely N-dealkylation sites (N-methyl/N-ethyl adjacent to an activating group) is 1. The molecule has 0 spiro atoms. The normalized spacial score (nSPS) is 13.5. The number of nitrogens with one attached hydrogen (secondary N) is 2. The molecule has 0 aromatic heterocycles. The van der Waals surface area contributed by atoms with Crippen molar-refractivity contribution < 1.29 is 14.3 Å². The van der Waals surface area contributed by atoms with Gasteiger partial charge in [-0.25, -0.2) is 0 Å². The molecule has 1 aliphatic rings. The van der Waals surface area contributed by atoms with Crippen molar-refractivity contribution in [2.45, 2.75) is 0 Å². The topological polar surface area (TPSA) is 72.0 Å². The molecule has 0 saturated carbocycles. The second-order valence-corrected chi connectivity index (χ2v) is 3.98. The van der Waals surface area contributed by atoms with Crippen molar-refractivity contribution in [3.63, 3.8) is 0 Å². The number of hydrogen-bond donors (Lipinski definition) is 2. The zero-order valence-corrected chi connectivity index (χ0v) is 11.0. The van der Waals surface area contributed by atoms with Gasteiger partial charge in [-0.3, -0.25) is 9.79 Å². The van der Waals surface area contributed by atoms with Gasteiger partial charge < -0.3 is 20.1 Å². The average molecular weight is 263 g/mol. The minimum atomic E-state index is -0.187. The minimum Gasteiger partial charge on any atom is -0.493 e. The Morgan fingerprint density at radius 2 is 2.32 bits per heavy atom. The maximum absolute atomic E-state index is 11.2. The molecular weight excluding hydrogens is 246 g/mol. The summed E-state index contributed by atoms with van der Waals surface area (Å²) in [6.45, 7) is 1.60. The van der Waals surface area contributed by atoms with Crippen LogP contribution in [0.3, 0.4) is 0 Å². The van der Waals surface area contributed by atoms with Crippen LogP contribution in [-0.4, -0.2) is 45.6 Å². The second-order valence-electron chi connectivity index (χ2n) is 3.98. The number of methoxy groups -OCH3 is 1. The number of aliphatic imine (C=N–C) groups is 1. The van der Waals surface area contributed by atoms with E-state index in [1.165, 1.54) is 0 Å². The van der Waals surface area contributed by atoms with Gasteiger partial charge in [0.25, 0.3) is 5.91 Å². The van der Waals surface area contributed by atoms with Crippen LogP contribution in [0.1, 0.15) is 5.56 Å². The van der Waals surface area contributed by atoms with Crippen molar-refractivity contribution >= 4 is 11.7 Å². The number of amidine groups is 1. The van der Waals surface area contributed by atoms with E-state index in [-0.39, 0.29) is 12.5 Å². The van der Waals surface area contributed by atoms with Gasteiger partial charge in [-0.15, -0.1) is 0 Å². The van der Waals surface area contributed by atoms with Crippen LogP contribution >= 0.6 is 0 Å². The van der Waals surface area contributed by atoms with E-state index >= 15 is 0 Å². The lowest BCUT2D eigenvalue weighted by molar-refractivity contribution is -0.122. The van der Waals surface area contributed by atoms with Gasteiger partial charge in [0.15, 0.2) is 18.1 Å². The Balaban J connectivity index is 2.14. The highest BCUT2D eigenvalue weighted by molar-refractivity contribution is 6.00. The van der Waals surface area contributed by atoms with Crippen LogP contribution in [0.5, 0.6) is 11.5 Å². The fraction of sp³-hybridized carbons (Fsp3) is 0.385. The summed E-state index contributed by atoms with van der Waals surface area (Å²) in [4.78, 5) is 15.5. The summed E-state index contributed by atoms with van der Waals surface area (Å²) >= 11 is 0. The van der Waals surface area contributed by atoms with Gasteiger partial charge in [0.1, 0.15) is 5.84 Å². The first kappa shape index (κ1) is 13.2. The van der Waals surface area contributed by atoms with Crippen LogP contribution in [0.15, 0.2) is 23.2 Å². The Morgan fingerprint density at radius 3 is 2.95 bits per heavy atom. The largest absolute Gasteiger partial charge is 0.493 e. The number of ether oxygens (including phenoxy) is 2. The van der Waals surface area contributed by atoms with Crippen LogP contribution < -0.4 is 20.1 Å². The molecule has 2 N–H and O–H groups in total. The van der Waals surface area contributed by atoms with Gasteiger partial charge >= 0.3 is 0 Å². The molecule has 0 saturated heterocycles. The van der Waals surface area contributed by atoms with Crippen molar-refractivity contribution in [3.8, 4) is 11.5 Å². The number of nitrogens with zero attached hydrogens (tertiary/aromatic N) is 1. The summed E-state index contributed by atoms with van der Waals surface area (Å²) in [6.07, 6.45) is 0. The van der Waals surface area contributed by atoms with E-state index in [4.69, 9.17) is 9.47 Å². The third-order valence-corrected chi connectivity index (χ3v) is 2.75. The molecule has 0 bridgehead atoms. The molecule has 19 heavy (non-hydrogen) atoms. The summed E-state index contributed by atoms with van der Waals surface area (Å²) in [7, 11) is 3.13. The van der Waals surface area contributed by atoms with Gasteiger partial charge in [0.2, 0.25) is 0 Å². The van der Waals surface area contributed by atoms with Crippen molar-refractivity contribution in [2.24, 2.45) is 4.99 Å². The van der Waals surface area contributed by atoms with Crippen molar-refractivity contribution in [1.82, 2.24) is 10.6 Å². The molecular formula is C13H17N3O3. The molecule has 0 unspecified atom stereocenters. The highest BCUT2D eigenvalue weighted by Crippen LogP contribution is 2.28.